The summed E-state index contributed by atoms with van der Waals surface area (Å²) in [5.41, 5.74) is 0.283. The summed E-state index contributed by atoms with van der Waals surface area (Å²) in [5.74, 6) is -1.18. The van der Waals surface area contributed by atoms with E-state index in [-0.39, 0.29) is 18.8 Å². The zero-order valence-corrected chi connectivity index (χ0v) is 8.36. The molecule has 0 spiro atoms. The summed E-state index contributed by atoms with van der Waals surface area (Å²) in [5, 5.41) is 8.10. The molecule has 0 N–H and O–H groups in total. The van der Waals surface area contributed by atoms with Crippen molar-refractivity contribution in [2.24, 2.45) is 0 Å². The number of nitriles is 1. The van der Waals surface area contributed by atoms with Gasteiger partial charge in [0, 0.05) is 17.7 Å². The fourth-order valence-electron chi connectivity index (χ4n) is 0.553. The maximum absolute atomic E-state index is 10.8. The number of rotatable bonds is 5. The second-order valence-corrected chi connectivity index (χ2v) is 2.55. The van der Waals surface area contributed by atoms with E-state index in [0.29, 0.717) is 0 Å². The Kier molecular flexibility index (Phi) is 6.31. The number of nitrogens with zero attached hydrogens (tertiary/aromatic N) is 1. The first kappa shape index (κ1) is 12.9. The number of ether oxygens (including phenoxy) is 2. The number of carbonyl (C=O) groups is 2. The molecule has 0 bridgehead atoms. The minimum Gasteiger partial charge on any atom is -0.459 e. The molecule has 0 aliphatic heterocycles. The minimum atomic E-state index is -0.650. The average molecular weight is 209 g/mol. The van der Waals surface area contributed by atoms with E-state index in [4.69, 9.17) is 5.26 Å². The van der Waals surface area contributed by atoms with Gasteiger partial charge in [-0.05, 0) is 6.92 Å². The van der Waals surface area contributed by atoms with Gasteiger partial charge >= 0.3 is 11.9 Å². The van der Waals surface area contributed by atoms with Crippen molar-refractivity contribution in [3.63, 3.8) is 0 Å². The van der Waals surface area contributed by atoms with Crippen LogP contribution in [0.15, 0.2) is 24.3 Å². The van der Waals surface area contributed by atoms with E-state index >= 15 is 0 Å². The van der Waals surface area contributed by atoms with Gasteiger partial charge in [-0.2, -0.15) is 5.26 Å². The zero-order chi connectivity index (χ0) is 11.7. The summed E-state index contributed by atoms with van der Waals surface area (Å²) in [7, 11) is 0. The van der Waals surface area contributed by atoms with Crippen LogP contribution in [0.4, 0.5) is 0 Å². The molecule has 0 aliphatic rings. The lowest BCUT2D eigenvalue weighted by Crippen LogP contribution is -2.12. The van der Waals surface area contributed by atoms with E-state index in [1.165, 1.54) is 6.92 Å². The number of carbonyl (C=O) groups excluding carboxylic acids is 2. The molecule has 0 atom stereocenters. The molecule has 0 saturated carbocycles. The highest BCUT2D eigenvalue weighted by Crippen LogP contribution is 1.91. The van der Waals surface area contributed by atoms with E-state index in [1.54, 1.807) is 6.07 Å². The molecular formula is C10H11NO4. The van der Waals surface area contributed by atoms with Crippen molar-refractivity contribution in [3.8, 4) is 6.07 Å². The van der Waals surface area contributed by atoms with E-state index < -0.39 is 11.9 Å². The maximum atomic E-state index is 10.8. The Morgan fingerprint density at radius 1 is 1.40 bits per heavy atom. The van der Waals surface area contributed by atoms with Crippen LogP contribution < -0.4 is 0 Å². The van der Waals surface area contributed by atoms with Crippen LogP contribution in [0.25, 0.3) is 0 Å². The maximum Gasteiger partial charge on any atom is 0.333 e. The first-order valence-electron chi connectivity index (χ1n) is 4.13. The third-order valence-corrected chi connectivity index (χ3v) is 1.20. The van der Waals surface area contributed by atoms with Crippen LogP contribution in [-0.2, 0) is 19.1 Å². The van der Waals surface area contributed by atoms with Crippen LogP contribution in [0.5, 0.6) is 0 Å². The highest BCUT2D eigenvalue weighted by atomic mass is 16.6. The Labute approximate surface area is 87.6 Å². The molecule has 0 aromatic rings. The molecule has 0 saturated heterocycles. The van der Waals surface area contributed by atoms with Crippen LogP contribution in [0.3, 0.4) is 0 Å². The topological polar surface area (TPSA) is 76.4 Å². The summed E-state index contributed by atoms with van der Waals surface area (Å²) < 4.78 is 9.24. The molecule has 0 radical (unpaired) electrons. The molecule has 0 amide bonds. The first-order chi connectivity index (χ1) is 7.07. The highest BCUT2D eigenvalue weighted by Gasteiger charge is 2.03. The lowest BCUT2D eigenvalue weighted by atomic mass is 10.4. The van der Waals surface area contributed by atoms with Gasteiger partial charge in [-0.25, -0.2) is 9.59 Å². The first-order valence-corrected chi connectivity index (χ1v) is 4.13. The van der Waals surface area contributed by atoms with E-state index in [1.807, 2.05) is 0 Å². The minimum absolute atomic E-state index is 0.0299. The molecule has 5 heteroatoms. The Hall–Kier alpha value is -2.09. The van der Waals surface area contributed by atoms with Crippen LogP contribution in [0.2, 0.25) is 0 Å². The van der Waals surface area contributed by atoms with Crippen molar-refractivity contribution in [2.75, 3.05) is 13.2 Å². The van der Waals surface area contributed by atoms with Crippen molar-refractivity contribution < 1.29 is 19.1 Å². The van der Waals surface area contributed by atoms with Crippen molar-refractivity contribution >= 4 is 11.9 Å². The standard InChI is InChI=1S/C10H11NO4/c1-8(2)10(13)15-7-6-14-9(12)4-3-5-11/h3-4H,1,6-7H2,2H3. The van der Waals surface area contributed by atoms with Crippen LogP contribution in [0.1, 0.15) is 6.92 Å². The SMILES string of the molecule is C=C(C)C(=O)OCCOC(=O)C=CC#N. The molecule has 0 heterocycles. The fraction of sp³-hybridized carbons (Fsp3) is 0.300. The Bertz CT molecular complexity index is 325. The van der Waals surface area contributed by atoms with Gasteiger partial charge in [-0.15, -0.1) is 0 Å². The summed E-state index contributed by atoms with van der Waals surface area (Å²) in [6.45, 7) is 4.82. The Morgan fingerprint density at radius 3 is 2.53 bits per heavy atom. The van der Waals surface area contributed by atoms with E-state index in [2.05, 4.69) is 16.1 Å². The lowest BCUT2D eigenvalue weighted by Gasteiger charge is -2.03. The van der Waals surface area contributed by atoms with Crippen LogP contribution in [-0.4, -0.2) is 25.2 Å². The normalized spacial score (nSPS) is 9.33. The van der Waals surface area contributed by atoms with Crippen LogP contribution in [0, 0.1) is 11.3 Å². The van der Waals surface area contributed by atoms with Gasteiger partial charge in [0.05, 0.1) is 6.07 Å². The average Bonchev–Trinajstić information content (AvgIpc) is 2.20. The summed E-state index contributed by atoms with van der Waals surface area (Å²) in [6, 6.07) is 1.64. The molecule has 80 valence electrons. The molecule has 5 nitrogen and oxygen atoms in total. The van der Waals surface area contributed by atoms with E-state index in [9.17, 15) is 9.59 Å². The fourth-order valence-corrected chi connectivity index (χ4v) is 0.553. The van der Waals surface area contributed by atoms with Gasteiger partial charge < -0.3 is 9.47 Å². The van der Waals surface area contributed by atoms with E-state index in [0.717, 1.165) is 12.2 Å². The highest BCUT2D eigenvalue weighted by molar-refractivity contribution is 5.87. The van der Waals surface area contributed by atoms with Gasteiger partial charge in [0.1, 0.15) is 13.2 Å². The molecule has 0 aromatic heterocycles. The monoisotopic (exact) mass is 209 g/mol. The van der Waals surface area contributed by atoms with Crippen molar-refractivity contribution in [2.45, 2.75) is 6.92 Å². The Balaban J connectivity index is 3.60. The van der Waals surface area contributed by atoms with Gasteiger partial charge in [0.2, 0.25) is 0 Å². The third-order valence-electron chi connectivity index (χ3n) is 1.20. The Morgan fingerprint density at radius 2 is 2.00 bits per heavy atom. The lowest BCUT2D eigenvalue weighted by molar-refractivity contribution is -0.146. The number of hydrogen-bond acceptors (Lipinski definition) is 5. The largest absolute Gasteiger partial charge is 0.459 e. The summed E-state index contributed by atoms with van der Waals surface area (Å²) >= 11 is 0. The van der Waals surface area contributed by atoms with Gasteiger partial charge in [0.15, 0.2) is 0 Å². The molecule has 0 rings (SSSR count). The van der Waals surface area contributed by atoms with Gasteiger partial charge in [-0.1, -0.05) is 6.58 Å². The smallest absolute Gasteiger partial charge is 0.333 e. The van der Waals surface area contributed by atoms with Crippen molar-refractivity contribution in [3.05, 3.63) is 24.3 Å². The molecule has 0 aromatic carbocycles. The number of hydrogen-bond donors (Lipinski definition) is 0. The van der Waals surface area contributed by atoms with Crippen molar-refractivity contribution in [1.29, 1.82) is 5.26 Å². The second kappa shape index (κ2) is 7.33. The summed E-state index contributed by atoms with van der Waals surface area (Å²) in [4.78, 5) is 21.6. The molecule has 0 unspecified atom stereocenters. The molecular weight excluding hydrogens is 198 g/mol. The van der Waals surface area contributed by atoms with Gasteiger partial charge in [0.25, 0.3) is 0 Å². The summed E-state index contributed by atoms with van der Waals surface area (Å²) in [6.07, 6.45) is 1.99. The predicted molar refractivity (Wildman–Crippen MR) is 51.5 cm³/mol. The number of allylic oxidation sites excluding steroid dienone is 1. The predicted octanol–water partition coefficient (Wildman–Crippen LogP) is 0.729. The second-order valence-electron chi connectivity index (χ2n) is 2.55. The number of esters is 2. The molecule has 0 fully saturated rings. The zero-order valence-electron chi connectivity index (χ0n) is 8.36. The molecule has 15 heavy (non-hydrogen) atoms. The third kappa shape index (κ3) is 7.02. The van der Waals surface area contributed by atoms with Crippen molar-refractivity contribution in [1.82, 2.24) is 0 Å². The van der Waals surface area contributed by atoms with Gasteiger partial charge in [-0.3, -0.25) is 0 Å². The quantitative estimate of drug-likeness (QED) is 0.289. The molecule has 0 aliphatic carbocycles. The van der Waals surface area contributed by atoms with Crippen LogP contribution >= 0.6 is 0 Å².